The van der Waals surface area contributed by atoms with Crippen LogP contribution in [0, 0.1) is 10.1 Å². The van der Waals surface area contributed by atoms with E-state index in [4.69, 9.17) is 4.74 Å². The molecule has 0 amide bonds. The highest BCUT2D eigenvalue weighted by Gasteiger charge is 2.39. The van der Waals surface area contributed by atoms with Gasteiger partial charge in [0.15, 0.2) is 0 Å². The summed E-state index contributed by atoms with van der Waals surface area (Å²) >= 11 is 0. The molecule has 0 bridgehead atoms. The number of nitrogens with zero attached hydrogens (tertiary/aromatic N) is 2. The maximum absolute atomic E-state index is 12.5. The molecule has 4 rings (SSSR count). The van der Waals surface area contributed by atoms with Crippen LogP contribution >= 0.6 is 0 Å². The topological polar surface area (TPSA) is 72.7 Å². The average Bonchev–Trinajstić information content (AvgIpc) is 2.69. The first kappa shape index (κ1) is 18.6. The molecule has 1 saturated heterocycles. The van der Waals surface area contributed by atoms with Crippen LogP contribution in [0.4, 0.5) is 5.69 Å². The lowest BCUT2D eigenvalue weighted by Gasteiger charge is -2.48. The van der Waals surface area contributed by atoms with Crippen LogP contribution in [0.3, 0.4) is 0 Å². The van der Waals surface area contributed by atoms with Crippen LogP contribution in [-0.4, -0.2) is 41.0 Å². The van der Waals surface area contributed by atoms with E-state index in [1.165, 1.54) is 29.8 Å². The van der Waals surface area contributed by atoms with Gasteiger partial charge in [0.2, 0.25) is 0 Å². The quantitative estimate of drug-likeness (QED) is 0.442. The highest BCUT2D eigenvalue weighted by molar-refractivity contribution is 5.89. The first-order valence-electron chi connectivity index (χ1n) is 9.86. The summed E-state index contributed by atoms with van der Waals surface area (Å²) in [6, 6.07) is 16.4. The minimum Gasteiger partial charge on any atom is -0.457 e. The smallest absolute Gasteiger partial charge is 0.338 e. The molecule has 2 aromatic carbocycles. The number of nitro groups is 1. The molecule has 0 N–H and O–H groups in total. The van der Waals surface area contributed by atoms with Crippen molar-refractivity contribution in [1.82, 2.24) is 4.90 Å². The van der Waals surface area contributed by atoms with Gasteiger partial charge >= 0.3 is 5.97 Å². The number of carbonyl (C=O) groups is 1. The third-order valence-corrected chi connectivity index (χ3v) is 5.89. The second kappa shape index (κ2) is 8.10. The van der Waals surface area contributed by atoms with Crippen molar-refractivity contribution in [1.29, 1.82) is 0 Å². The molecule has 6 nitrogen and oxygen atoms in total. The lowest BCUT2D eigenvalue weighted by Crippen LogP contribution is -2.56. The predicted octanol–water partition coefficient (Wildman–Crippen LogP) is 4.16. The lowest BCUT2D eigenvalue weighted by molar-refractivity contribution is -0.384. The highest BCUT2D eigenvalue weighted by atomic mass is 16.6. The molecule has 28 heavy (non-hydrogen) atoms. The Morgan fingerprint density at radius 2 is 1.68 bits per heavy atom. The monoisotopic (exact) mass is 380 g/mol. The van der Waals surface area contributed by atoms with E-state index in [1.54, 1.807) is 0 Å². The summed E-state index contributed by atoms with van der Waals surface area (Å²) < 4.78 is 5.84. The summed E-state index contributed by atoms with van der Waals surface area (Å²) in [5.41, 5.74) is 1.70. The zero-order valence-corrected chi connectivity index (χ0v) is 15.7. The van der Waals surface area contributed by atoms with Gasteiger partial charge < -0.3 is 4.74 Å². The molecule has 1 aliphatic carbocycles. The average molecular weight is 380 g/mol. The van der Waals surface area contributed by atoms with Crippen molar-refractivity contribution in [2.75, 3.05) is 13.1 Å². The van der Waals surface area contributed by atoms with Gasteiger partial charge in [0.1, 0.15) is 6.10 Å². The van der Waals surface area contributed by atoms with E-state index >= 15 is 0 Å². The van der Waals surface area contributed by atoms with E-state index in [0.29, 0.717) is 11.5 Å². The summed E-state index contributed by atoms with van der Waals surface area (Å²) in [6.07, 6.45) is 4.01. The minimum atomic E-state index is -0.473. The first-order chi connectivity index (χ1) is 13.6. The van der Waals surface area contributed by atoms with E-state index in [-0.39, 0.29) is 17.8 Å². The Kier molecular flexibility index (Phi) is 5.39. The number of esters is 1. The SMILES string of the molecule is O=C(OC1CCCCC1N1CC(c2ccccc2)C1)c1ccc([N+](=O)[O-])cc1. The van der Waals surface area contributed by atoms with Crippen LogP contribution in [0.25, 0.3) is 0 Å². The van der Waals surface area contributed by atoms with Crippen molar-refractivity contribution in [3.05, 3.63) is 75.8 Å². The van der Waals surface area contributed by atoms with Crippen LogP contribution in [0.15, 0.2) is 54.6 Å². The molecule has 0 radical (unpaired) electrons. The van der Waals surface area contributed by atoms with Gasteiger partial charge in [0.25, 0.3) is 5.69 Å². The van der Waals surface area contributed by atoms with Gasteiger partial charge in [-0.25, -0.2) is 4.79 Å². The molecule has 2 atom stereocenters. The summed E-state index contributed by atoms with van der Waals surface area (Å²) in [7, 11) is 0. The van der Waals surface area contributed by atoms with Crippen molar-refractivity contribution in [3.63, 3.8) is 0 Å². The Balaban J connectivity index is 1.37. The Hall–Kier alpha value is -2.73. The molecule has 0 aromatic heterocycles. The number of non-ortho nitro benzene ring substituents is 1. The number of rotatable bonds is 5. The van der Waals surface area contributed by atoms with Crippen molar-refractivity contribution >= 4 is 11.7 Å². The molecule has 2 unspecified atom stereocenters. The van der Waals surface area contributed by atoms with Gasteiger partial charge in [0.05, 0.1) is 10.5 Å². The zero-order valence-electron chi connectivity index (χ0n) is 15.7. The number of carbonyl (C=O) groups excluding carboxylic acids is 1. The number of hydrogen-bond donors (Lipinski definition) is 0. The maximum Gasteiger partial charge on any atom is 0.338 e. The Morgan fingerprint density at radius 3 is 2.36 bits per heavy atom. The highest BCUT2D eigenvalue weighted by Crippen LogP contribution is 2.35. The van der Waals surface area contributed by atoms with E-state index in [0.717, 1.165) is 38.8 Å². The third-order valence-electron chi connectivity index (χ3n) is 5.89. The van der Waals surface area contributed by atoms with E-state index in [2.05, 4.69) is 29.2 Å². The van der Waals surface area contributed by atoms with Gasteiger partial charge in [-0.2, -0.15) is 0 Å². The van der Waals surface area contributed by atoms with Crippen molar-refractivity contribution in [2.24, 2.45) is 0 Å². The van der Waals surface area contributed by atoms with Gasteiger partial charge in [0, 0.05) is 37.2 Å². The maximum atomic E-state index is 12.5. The molecule has 2 aliphatic rings. The van der Waals surface area contributed by atoms with Crippen molar-refractivity contribution in [3.8, 4) is 0 Å². The van der Waals surface area contributed by atoms with Gasteiger partial charge in [-0.15, -0.1) is 0 Å². The van der Waals surface area contributed by atoms with Gasteiger partial charge in [-0.05, 0) is 37.0 Å². The van der Waals surface area contributed by atoms with Crippen molar-refractivity contribution in [2.45, 2.75) is 43.7 Å². The molecule has 2 aromatic rings. The molecular weight excluding hydrogens is 356 g/mol. The first-order valence-corrected chi connectivity index (χ1v) is 9.86. The second-order valence-electron chi connectivity index (χ2n) is 7.66. The fourth-order valence-electron chi connectivity index (χ4n) is 4.28. The Bertz CT molecular complexity index is 831. The van der Waals surface area contributed by atoms with Gasteiger partial charge in [-0.1, -0.05) is 36.8 Å². The second-order valence-corrected chi connectivity index (χ2v) is 7.66. The Morgan fingerprint density at radius 1 is 1.00 bits per heavy atom. The number of hydrogen-bond acceptors (Lipinski definition) is 5. The van der Waals surface area contributed by atoms with Gasteiger partial charge in [-0.3, -0.25) is 15.0 Å². The molecule has 2 fully saturated rings. The molecule has 146 valence electrons. The van der Waals surface area contributed by atoms with Crippen molar-refractivity contribution < 1.29 is 14.5 Å². The van der Waals surface area contributed by atoms with Crippen LogP contribution in [0.2, 0.25) is 0 Å². The van der Waals surface area contributed by atoms with Crippen LogP contribution in [0.1, 0.15) is 47.5 Å². The summed E-state index contributed by atoms with van der Waals surface area (Å²) in [5.74, 6) is 0.154. The normalized spacial score (nSPS) is 23.0. The molecular formula is C22H24N2O4. The number of benzene rings is 2. The minimum absolute atomic E-state index is 0.0281. The Labute approximate surface area is 164 Å². The van der Waals surface area contributed by atoms with E-state index < -0.39 is 10.9 Å². The number of nitro benzene ring substituents is 1. The number of ether oxygens (including phenoxy) is 1. The summed E-state index contributed by atoms with van der Waals surface area (Å²) in [5, 5.41) is 10.8. The largest absolute Gasteiger partial charge is 0.457 e. The van der Waals surface area contributed by atoms with E-state index in [9.17, 15) is 14.9 Å². The molecule has 1 saturated carbocycles. The number of likely N-dealkylation sites (tertiary alicyclic amines) is 1. The van der Waals surface area contributed by atoms with Crippen LogP contribution in [0.5, 0.6) is 0 Å². The predicted molar refractivity (Wildman–Crippen MR) is 105 cm³/mol. The van der Waals surface area contributed by atoms with Crippen LogP contribution < -0.4 is 0 Å². The molecule has 0 spiro atoms. The molecule has 1 aliphatic heterocycles. The standard InChI is InChI=1S/C22H24N2O4/c25-22(17-10-12-19(13-11-17)24(26)27)28-21-9-5-4-8-20(21)23-14-18(15-23)16-6-2-1-3-7-16/h1-3,6-7,10-13,18,20-21H,4-5,8-9,14-15H2. The molecule has 1 heterocycles. The van der Waals surface area contributed by atoms with E-state index in [1.807, 2.05) is 6.07 Å². The molecule has 6 heteroatoms. The van der Waals surface area contributed by atoms with Crippen LogP contribution in [-0.2, 0) is 4.74 Å². The summed E-state index contributed by atoms with van der Waals surface area (Å²) in [6.45, 7) is 2.00. The summed E-state index contributed by atoms with van der Waals surface area (Å²) in [4.78, 5) is 25.3. The fraction of sp³-hybridized carbons (Fsp3) is 0.409. The third kappa shape index (κ3) is 3.92. The zero-order chi connectivity index (χ0) is 19.5. The lowest BCUT2D eigenvalue weighted by atomic mass is 9.84. The fourth-order valence-corrected chi connectivity index (χ4v) is 4.28.